The molecule has 0 bridgehead atoms. The monoisotopic (exact) mass is 502 g/mol. The summed E-state index contributed by atoms with van der Waals surface area (Å²) in [4.78, 5) is 26.5. The van der Waals surface area contributed by atoms with E-state index in [1.807, 2.05) is 6.92 Å². The summed E-state index contributed by atoms with van der Waals surface area (Å²) in [6.07, 6.45) is 7.38. The minimum absolute atomic E-state index is 0.0689. The van der Waals surface area contributed by atoms with Crippen LogP contribution in [0.3, 0.4) is 0 Å². The fraction of sp³-hybridized carbons (Fsp3) is 0.867. The van der Waals surface area contributed by atoms with E-state index in [9.17, 15) is 30.0 Å². The van der Waals surface area contributed by atoms with Crippen LogP contribution in [0.2, 0.25) is 0 Å². The van der Waals surface area contributed by atoms with Gasteiger partial charge in [0.1, 0.15) is 5.78 Å². The van der Waals surface area contributed by atoms with E-state index >= 15 is 0 Å². The summed E-state index contributed by atoms with van der Waals surface area (Å²) >= 11 is 0. The van der Waals surface area contributed by atoms with Gasteiger partial charge in [0.25, 0.3) is 0 Å². The predicted octanol–water partition coefficient (Wildman–Crippen LogP) is 4.36. The molecule has 0 aromatic heterocycles. The molecule has 0 unspecified atom stereocenters. The number of rotatable bonds is 3. The number of fused-ring (bicyclic) bond motifs is 7. The predicted molar refractivity (Wildman–Crippen MR) is 136 cm³/mol. The minimum atomic E-state index is -0.827. The number of Topliss-reactive ketones (excluding diaryl/α,β-unsaturated/α-hetero) is 1. The van der Waals surface area contributed by atoms with Crippen LogP contribution in [-0.4, -0.2) is 51.5 Å². The SMILES string of the molecule is C[C@]1(CO)CC[C@@]2(C(=O)O)CC[C@@]3(C)C(=CC[C@@H]4[C@]5(C)C(=O)C[C@H](O)[C@](C)(CO)[C@@H]5CC[C@@]43C)[C@@H]2C1. The van der Waals surface area contributed by atoms with Crippen LogP contribution in [0.1, 0.15) is 92.4 Å². The number of carbonyl (C=O) groups excluding carboxylic acids is 1. The Morgan fingerprint density at radius 2 is 1.64 bits per heavy atom. The molecule has 0 saturated heterocycles. The van der Waals surface area contributed by atoms with Crippen molar-refractivity contribution < 1.29 is 30.0 Å². The maximum atomic E-state index is 13.8. The van der Waals surface area contributed by atoms with Gasteiger partial charge in [-0.05, 0) is 85.4 Å². The first kappa shape index (κ1) is 26.4. The number of aliphatic hydroxyl groups excluding tert-OH is 3. The second kappa shape index (κ2) is 7.89. The number of carbonyl (C=O) groups is 2. The molecule has 0 aromatic rings. The molecule has 6 nitrogen and oxygen atoms in total. The summed E-state index contributed by atoms with van der Waals surface area (Å²) < 4.78 is 0. The first-order chi connectivity index (χ1) is 16.7. The third kappa shape index (κ3) is 2.95. The van der Waals surface area contributed by atoms with Gasteiger partial charge in [0.2, 0.25) is 0 Å². The van der Waals surface area contributed by atoms with Crippen molar-refractivity contribution in [2.75, 3.05) is 13.2 Å². The second-order valence-electron chi connectivity index (χ2n) is 14.6. The summed E-state index contributed by atoms with van der Waals surface area (Å²) in [6.45, 7) is 10.7. The lowest BCUT2D eigenvalue weighted by Gasteiger charge is -2.70. The molecule has 0 amide bonds. The zero-order chi connectivity index (χ0) is 26.5. The molecule has 5 aliphatic rings. The number of hydrogen-bond donors (Lipinski definition) is 4. The van der Waals surface area contributed by atoms with Gasteiger partial charge in [0.05, 0.1) is 18.1 Å². The molecule has 0 aliphatic heterocycles. The van der Waals surface area contributed by atoms with E-state index in [4.69, 9.17) is 0 Å². The Kier molecular flexibility index (Phi) is 5.78. The highest BCUT2D eigenvalue weighted by Crippen LogP contribution is 2.75. The number of ketones is 1. The molecule has 5 rings (SSSR count). The Morgan fingerprint density at radius 3 is 2.25 bits per heavy atom. The zero-order valence-electron chi connectivity index (χ0n) is 22.8. The van der Waals surface area contributed by atoms with Crippen LogP contribution in [0.4, 0.5) is 0 Å². The van der Waals surface area contributed by atoms with Gasteiger partial charge >= 0.3 is 5.97 Å². The number of aliphatic carboxylic acids is 1. The van der Waals surface area contributed by atoms with Crippen molar-refractivity contribution in [3.8, 4) is 0 Å². The van der Waals surface area contributed by atoms with Gasteiger partial charge in [0, 0.05) is 23.9 Å². The maximum absolute atomic E-state index is 13.8. The van der Waals surface area contributed by atoms with Gasteiger partial charge in [-0.15, -0.1) is 0 Å². The Morgan fingerprint density at radius 1 is 0.972 bits per heavy atom. The maximum Gasteiger partial charge on any atom is 0.310 e. The van der Waals surface area contributed by atoms with Gasteiger partial charge in [-0.25, -0.2) is 0 Å². The smallest absolute Gasteiger partial charge is 0.310 e. The number of allylic oxidation sites excluding steroid dienone is 2. The molecule has 6 heteroatoms. The Bertz CT molecular complexity index is 1010. The van der Waals surface area contributed by atoms with Crippen LogP contribution in [0.15, 0.2) is 11.6 Å². The topological polar surface area (TPSA) is 115 Å². The number of aliphatic hydroxyl groups is 3. The molecule has 202 valence electrons. The van der Waals surface area contributed by atoms with Crippen LogP contribution in [0.25, 0.3) is 0 Å². The molecule has 0 heterocycles. The molecule has 0 spiro atoms. The van der Waals surface area contributed by atoms with Crippen LogP contribution < -0.4 is 0 Å². The van der Waals surface area contributed by atoms with Crippen molar-refractivity contribution in [3.63, 3.8) is 0 Å². The molecule has 4 fully saturated rings. The number of carboxylic acid groups (broad SMARTS) is 1. The van der Waals surface area contributed by atoms with E-state index in [0.717, 1.165) is 32.1 Å². The average molecular weight is 503 g/mol. The number of hydrogen-bond acceptors (Lipinski definition) is 5. The normalized spacial score (nSPS) is 54.4. The highest BCUT2D eigenvalue weighted by molar-refractivity contribution is 5.87. The summed E-state index contributed by atoms with van der Waals surface area (Å²) in [5, 5.41) is 41.9. The van der Waals surface area contributed by atoms with E-state index in [2.05, 4.69) is 33.8 Å². The van der Waals surface area contributed by atoms with Gasteiger partial charge < -0.3 is 20.4 Å². The van der Waals surface area contributed by atoms with Gasteiger partial charge in [-0.3, -0.25) is 9.59 Å². The first-order valence-electron chi connectivity index (χ1n) is 14.1. The van der Waals surface area contributed by atoms with Crippen LogP contribution in [-0.2, 0) is 9.59 Å². The quantitative estimate of drug-likeness (QED) is 0.426. The van der Waals surface area contributed by atoms with Crippen molar-refractivity contribution in [2.45, 2.75) is 98.5 Å². The van der Waals surface area contributed by atoms with Crippen molar-refractivity contribution in [1.29, 1.82) is 0 Å². The summed E-state index contributed by atoms with van der Waals surface area (Å²) in [5.74, 6) is -0.697. The Hall–Kier alpha value is -1.24. The molecule has 10 atom stereocenters. The molecule has 36 heavy (non-hydrogen) atoms. The van der Waals surface area contributed by atoms with Crippen molar-refractivity contribution in [3.05, 3.63) is 11.6 Å². The fourth-order valence-corrected chi connectivity index (χ4v) is 10.4. The average Bonchev–Trinajstić information content (AvgIpc) is 2.83. The van der Waals surface area contributed by atoms with Gasteiger partial charge in [-0.2, -0.15) is 0 Å². The lowest BCUT2D eigenvalue weighted by Crippen LogP contribution is -2.68. The first-order valence-corrected chi connectivity index (χ1v) is 14.1. The molecule has 0 radical (unpaired) electrons. The lowest BCUT2D eigenvalue weighted by atomic mass is 9.33. The molecule has 0 aromatic carbocycles. The van der Waals surface area contributed by atoms with Crippen molar-refractivity contribution in [1.82, 2.24) is 0 Å². The summed E-state index contributed by atoms with van der Waals surface area (Å²) in [6, 6.07) is 0. The molecule has 5 aliphatic carbocycles. The largest absolute Gasteiger partial charge is 0.481 e. The van der Waals surface area contributed by atoms with E-state index in [1.165, 1.54) is 5.57 Å². The van der Waals surface area contributed by atoms with Gasteiger partial charge in [-0.1, -0.05) is 46.3 Å². The molecule has 4 saturated carbocycles. The zero-order valence-corrected chi connectivity index (χ0v) is 22.8. The van der Waals surface area contributed by atoms with E-state index in [-0.39, 0.29) is 59.4 Å². The highest BCUT2D eigenvalue weighted by atomic mass is 16.4. The fourth-order valence-electron chi connectivity index (χ4n) is 10.4. The molecule has 4 N–H and O–H groups in total. The third-order valence-corrected chi connectivity index (χ3v) is 13.3. The van der Waals surface area contributed by atoms with Crippen LogP contribution in [0, 0.1) is 50.2 Å². The summed E-state index contributed by atoms with van der Waals surface area (Å²) in [7, 11) is 0. The van der Waals surface area contributed by atoms with Crippen molar-refractivity contribution in [2.24, 2.45) is 50.2 Å². The second-order valence-corrected chi connectivity index (χ2v) is 14.6. The molecular formula is C30H46O6. The molecular weight excluding hydrogens is 456 g/mol. The van der Waals surface area contributed by atoms with Crippen molar-refractivity contribution >= 4 is 11.8 Å². The van der Waals surface area contributed by atoms with Crippen LogP contribution in [0.5, 0.6) is 0 Å². The Balaban J connectivity index is 1.62. The van der Waals surface area contributed by atoms with E-state index < -0.39 is 28.3 Å². The lowest BCUT2D eigenvalue weighted by molar-refractivity contribution is -0.212. The van der Waals surface area contributed by atoms with E-state index in [0.29, 0.717) is 19.3 Å². The minimum Gasteiger partial charge on any atom is -0.481 e. The van der Waals surface area contributed by atoms with E-state index in [1.54, 1.807) is 0 Å². The number of carboxylic acids is 1. The van der Waals surface area contributed by atoms with Crippen LogP contribution >= 0.6 is 0 Å². The summed E-state index contributed by atoms with van der Waals surface area (Å²) in [5.41, 5.74) is -1.55. The standard InChI is InChI=1S/C30H46O6/c1-25(16-31)10-12-30(24(35)36)13-11-27(3)18(19(30)15-25)6-7-21-28(27,4)9-8-20-26(2,17-32)22(33)14-23(34)29(20,21)5/h6,19-22,31-33H,7-17H2,1-5H3,(H,35,36)/t19-,20-,21-,22-,25-,26+,27-,28-,29+,30+/m0/s1. The van der Waals surface area contributed by atoms with Gasteiger partial charge in [0.15, 0.2) is 0 Å². The highest BCUT2D eigenvalue weighted by Gasteiger charge is 2.71. The third-order valence-electron chi connectivity index (χ3n) is 13.3. The Labute approximate surface area is 215 Å².